The van der Waals surface area contributed by atoms with Gasteiger partial charge in [0.1, 0.15) is 0 Å². The van der Waals surface area contributed by atoms with Gasteiger partial charge in [-0.3, -0.25) is 14.4 Å². The monoisotopic (exact) mass is 144 g/mol. The maximum absolute atomic E-state index is 10.4. The summed E-state index contributed by atoms with van der Waals surface area (Å²) in [5.41, 5.74) is 9.60. The van der Waals surface area contributed by atoms with Crippen molar-refractivity contribution in [2.75, 3.05) is 13.1 Å². The fraction of sp³-hybridized carbons (Fsp3) is 0.400. The Morgan fingerprint density at radius 1 is 0.900 bits per heavy atom. The summed E-state index contributed by atoms with van der Waals surface area (Å²) in [6.45, 7) is -0.880. The summed E-state index contributed by atoms with van der Waals surface area (Å²) in [5.74, 6) is -2.89. The molecule has 0 rings (SSSR count). The normalized spacial score (nSPS) is 9.00. The maximum atomic E-state index is 10.4. The number of nitrogens with two attached hydrogens (primary N) is 2. The second kappa shape index (κ2) is 3.86. The molecule has 0 aliphatic heterocycles. The highest BCUT2D eigenvalue weighted by Crippen LogP contribution is 1.75. The highest BCUT2D eigenvalue weighted by atomic mass is 16.2. The van der Waals surface area contributed by atoms with Gasteiger partial charge >= 0.3 is 0 Å². The van der Waals surface area contributed by atoms with E-state index < -0.39 is 30.4 Å². The van der Waals surface area contributed by atoms with Crippen LogP contribution in [0.3, 0.4) is 0 Å². The van der Waals surface area contributed by atoms with Gasteiger partial charge in [-0.05, 0) is 0 Å². The van der Waals surface area contributed by atoms with Crippen molar-refractivity contribution in [1.82, 2.24) is 0 Å². The van der Waals surface area contributed by atoms with E-state index in [1.807, 2.05) is 0 Å². The van der Waals surface area contributed by atoms with Crippen LogP contribution >= 0.6 is 0 Å². The fourth-order valence-corrected chi connectivity index (χ4v) is 0.341. The lowest BCUT2D eigenvalue weighted by Crippen LogP contribution is -2.33. The standard InChI is InChI=1S/C5H8N2O3/c6-1-3(8)5(10)4(9)2-7/h1-2,6-7H2. The highest BCUT2D eigenvalue weighted by Gasteiger charge is 2.18. The number of carbonyl (C=O) groups excluding carboxylic acids is 3. The van der Waals surface area contributed by atoms with Gasteiger partial charge in [0.25, 0.3) is 5.78 Å². The third kappa shape index (κ3) is 2.04. The first-order chi connectivity index (χ1) is 4.63. The third-order valence-electron chi connectivity index (χ3n) is 0.877. The van der Waals surface area contributed by atoms with Gasteiger partial charge in [-0.15, -0.1) is 0 Å². The van der Waals surface area contributed by atoms with Crippen LogP contribution in [0.5, 0.6) is 0 Å². The molecule has 0 spiro atoms. The Balaban J connectivity index is 4.09. The average molecular weight is 144 g/mol. The Labute approximate surface area is 57.4 Å². The number of carbonyl (C=O) groups is 3. The molecule has 5 heteroatoms. The molecule has 0 aromatic rings. The number of rotatable bonds is 4. The van der Waals surface area contributed by atoms with Crippen LogP contribution in [0.15, 0.2) is 0 Å². The Morgan fingerprint density at radius 3 is 1.40 bits per heavy atom. The van der Waals surface area contributed by atoms with Crippen molar-refractivity contribution in [2.45, 2.75) is 0 Å². The second-order valence-electron chi connectivity index (χ2n) is 1.58. The smallest absolute Gasteiger partial charge is 0.266 e. The molecule has 0 fully saturated rings. The molecule has 0 bridgehead atoms. The van der Waals surface area contributed by atoms with Gasteiger partial charge in [0.15, 0.2) is 0 Å². The predicted molar refractivity (Wildman–Crippen MR) is 33.1 cm³/mol. The van der Waals surface area contributed by atoms with E-state index in [0.717, 1.165) is 0 Å². The van der Waals surface area contributed by atoms with Crippen molar-refractivity contribution in [1.29, 1.82) is 0 Å². The summed E-state index contributed by atoms with van der Waals surface area (Å²) < 4.78 is 0. The average Bonchev–Trinajstić information content (AvgIpc) is 2.00. The molecule has 0 aromatic heterocycles. The molecule has 0 amide bonds. The lowest BCUT2D eigenvalue weighted by molar-refractivity contribution is -0.142. The van der Waals surface area contributed by atoms with Gasteiger partial charge in [0.2, 0.25) is 11.6 Å². The number of Topliss-reactive ketones (excluding diaryl/α,β-unsaturated/α-hetero) is 3. The van der Waals surface area contributed by atoms with Crippen molar-refractivity contribution in [3.63, 3.8) is 0 Å². The molecule has 0 unspecified atom stereocenters. The van der Waals surface area contributed by atoms with Crippen LogP contribution in [0.25, 0.3) is 0 Å². The van der Waals surface area contributed by atoms with Crippen molar-refractivity contribution < 1.29 is 14.4 Å². The molecule has 4 N–H and O–H groups in total. The van der Waals surface area contributed by atoms with E-state index in [1.54, 1.807) is 0 Å². The first kappa shape index (κ1) is 8.93. The molecule has 0 aromatic carbocycles. The van der Waals surface area contributed by atoms with Gasteiger partial charge in [0, 0.05) is 0 Å². The number of hydrogen-bond acceptors (Lipinski definition) is 5. The fourth-order valence-electron chi connectivity index (χ4n) is 0.341. The molecule has 5 nitrogen and oxygen atoms in total. The van der Waals surface area contributed by atoms with E-state index >= 15 is 0 Å². The molecule has 0 saturated carbocycles. The van der Waals surface area contributed by atoms with Crippen LogP contribution in [-0.4, -0.2) is 30.4 Å². The van der Waals surface area contributed by atoms with Gasteiger partial charge in [-0.25, -0.2) is 0 Å². The number of ketones is 3. The van der Waals surface area contributed by atoms with Gasteiger partial charge in [-0.2, -0.15) is 0 Å². The summed E-state index contributed by atoms with van der Waals surface area (Å²) in [6.07, 6.45) is 0. The molecular weight excluding hydrogens is 136 g/mol. The molecule has 0 atom stereocenters. The summed E-state index contributed by atoms with van der Waals surface area (Å²) in [7, 11) is 0. The van der Waals surface area contributed by atoms with E-state index in [4.69, 9.17) is 11.5 Å². The minimum absolute atomic E-state index is 0.440. The molecule has 0 radical (unpaired) electrons. The Hall–Kier alpha value is -1.07. The largest absolute Gasteiger partial charge is 0.324 e. The quantitative estimate of drug-likeness (QED) is 0.338. The van der Waals surface area contributed by atoms with Crippen molar-refractivity contribution in [3.8, 4) is 0 Å². The zero-order chi connectivity index (χ0) is 8.15. The van der Waals surface area contributed by atoms with E-state index in [1.165, 1.54) is 0 Å². The van der Waals surface area contributed by atoms with Gasteiger partial charge in [0.05, 0.1) is 13.1 Å². The van der Waals surface area contributed by atoms with Crippen LogP contribution in [0.1, 0.15) is 0 Å². The maximum Gasteiger partial charge on any atom is 0.266 e. The summed E-state index contributed by atoms with van der Waals surface area (Å²) >= 11 is 0. The first-order valence-corrected chi connectivity index (χ1v) is 2.64. The molecule has 0 aliphatic rings. The molecule has 56 valence electrons. The first-order valence-electron chi connectivity index (χ1n) is 2.64. The lowest BCUT2D eigenvalue weighted by atomic mass is 10.2. The molecule has 10 heavy (non-hydrogen) atoms. The van der Waals surface area contributed by atoms with Crippen LogP contribution in [-0.2, 0) is 14.4 Å². The van der Waals surface area contributed by atoms with E-state index in [-0.39, 0.29) is 0 Å². The van der Waals surface area contributed by atoms with Crippen molar-refractivity contribution >= 4 is 17.3 Å². The Bertz CT molecular complexity index is 158. The molecule has 0 heterocycles. The predicted octanol–water partition coefficient (Wildman–Crippen LogP) is -2.39. The Morgan fingerprint density at radius 2 is 1.20 bits per heavy atom. The summed E-state index contributed by atoms with van der Waals surface area (Å²) in [6, 6.07) is 0. The van der Waals surface area contributed by atoms with E-state index in [9.17, 15) is 14.4 Å². The summed E-state index contributed by atoms with van der Waals surface area (Å²) in [4.78, 5) is 31.2. The molecule has 0 saturated heterocycles. The summed E-state index contributed by atoms with van der Waals surface area (Å²) in [5, 5.41) is 0. The third-order valence-corrected chi connectivity index (χ3v) is 0.877. The molecular formula is C5H8N2O3. The van der Waals surface area contributed by atoms with Gasteiger partial charge < -0.3 is 11.5 Å². The van der Waals surface area contributed by atoms with Crippen LogP contribution in [0.2, 0.25) is 0 Å². The van der Waals surface area contributed by atoms with E-state index in [2.05, 4.69) is 0 Å². The zero-order valence-corrected chi connectivity index (χ0v) is 5.29. The minimum atomic E-state index is -1.11. The van der Waals surface area contributed by atoms with Gasteiger partial charge in [-0.1, -0.05) is 0 Å². The van der Waals surface area contributed by atoms with Crippen molar-refractivity contribution in [2.24, 2.45) is 11.5 Å². The zero-order valence-electron chi connectivity index (χ0n) is 5.29. The van der Waals surface area contributed by atoms with Crippen LogP contribution in [0, 0.1) is 0 Å². The topological polar surface area (TPSA) is 103 Å². The van der Waals surface area contributed by atoms with E-state index in [0.29, 0.717) is 0 Å². The van der Waals surface area contributed by atoms with Crippen molar-refractivity contribution in [3.05, 3.63) is 0 Å². The SMILES string of the molecule is NCC(=O)C(=O)C(=O)CN. The Kier molecular flexibility index (Phi) is 3.45. The van der Waals surface area contributed by atoms with Crippen LogP contribution in [0.4, 0.5) is 0 Å². The minimum Gasteiger partial charge on any atom is -0.324 e. The van der Waals surface area contributed by atoms with Crippen LogP contribution < -0.4 is 11.5 Å². The second-order valence-corrected chi connectivity index (χ2v) is 1.58. The molecule has 0 aliphatic carbocycles. The highest BCUT2D eigenvalue weighted by molar-refractivity contribution is 6.64. The lowest BCUT2D eigenvalue weighted by Gasteiger charge is -1.91. The number of hydrogen-bond donors (Lipinski definition) is 2.